The summed E-state index contributed by atoms with van der Waals surface area (Å²) in [5.74, 6) is 2.08. The molecule has 39 heavy (non-hydrogen) atoms. The molecule has 1 fully saturated rings. The molecular formula is C37H59NSi. The first-order valence-corrected chi connectivity index (χ1v) is 19.0. The molecule has 0 heterocycles. The van der Waals surface area contributed by atoms with Crippen LogP contribution >= 0.6 is 0 Å². The summed E-state index contributed by atoms with van der Waals surface area (Å²) in [4.78, 5) is 0. The van der Waals surface area contributed by atoms with E-state index in [1.54, 1.807) is 33.4 Å². The largest absolute Gasteiger partial charge is 0.314 e. The van der Waals surface area contributed by atoms with Gasteiger partial charge in [-0.2, -0.15) is 0 Å². The molecule has 1 nitrogen and oxygen atoms in total. The topological polar surface area (TPSA) is 3.24 Å². The highest BCUT2D eigenvalue weighted by molar-refractivity contribution is 6.76. The number of allylic oxidation sites excluding steroid dienone is 4. The van der Waals surface area contributed by atoms with Crippen molar-refractivity contribution >= 4 is 13.8 Å². The van der Waals surface area contributed by atoms with Crippen molar-refractivity contribution in [2.45, 2.75) is 155 Å². The molecule has 5 rings (SSSR count). The van der Waals surface area contributed by atoms with Gasteiger partial charge in [-0.05, 0) is 128 Å². The van der Waals surface area contributed by atoms with Gasteiger partial charge in [0.15, 0.2) is 0 Å². The predicted octanol–water partition coefficient (Wildman–Crippen LogP) is 10.4. The lowest BCUT2D eigenvalue weighted by Gasteiger charge is -2.57. The second kappa shape index (κ2) is 8.47. The fraction of sp³-hybridized carbons (Fsp3) is 0.730. The van der Waals surface area contributed by atoms with Gasteiger partial charge < -0.3 is 4.57 Å². The Morgan fingerprint density at radius 1 is 0.769 bits per heavy atom. The Morgan fingerprint density at radius 3 is 1.79 bits per heavy atom. The van der Waals surface area contributed by atoms with Crippen LogP contribution in [0.4, 0.5) is 0 Å². The Hall–Kier alpha value is -1.12. The standard InChI is InChI=1S/C37H59NSi/c1-23-18-24-19-28-26(20-25(24)32(23)39(14,15)38(33(2,3)4)34(5,6)7)27-21-30-31(22-29(27)37(28,12)13)36(10,11)17-16-35(30,8)9/h19-25,32H,16-18H2,1-15H3. The summed E-state index contributed by atoms with van der Waals surface area (Å²) in [7, 11) is -1.82. The van der Waals surface area contributed by atoms with Crippen molar-refractivity contribution < 1.29 is 0 Å². The summed E-state index contributed by atoms with van der Waals surface area (Å²) in [6, 6.07) is 5.31. The lowest BCUT2D eigenvalue weighted by atomic mass is 9.62. The molecule has 0 bridgehead atoms. The first-order chi connectivity index (χ1) is 17.5. The minimum absolute atomic E-state index is 0.0793. The normalized spacial score (nSPS) is 30.8. The van der Waals surface area contributed by atoms with Gasteiger partial charge >= 0.3 is 0 Å². The van der Waals surface area contributed by atoms with Crippen molar-refractivity contribution in [1.29, 1.82) is 0 Å². The van der Waals surface area contributed by atoms with Gasteiger partial charge in [-0.15, -0.1) is 0 Å². The fourth-order valence-corrected chi connectivity index (χ4v) is 17.3. The minimum Gasteiger partial charge on any atom is -0.314 e. The van der Waals surface area contributed by atoms with Gasteiger partial charge in [-0.25, -0.2) is 0 Å². The third-order valence-corrected chi connectivity index (χ3v) is 16.6. The van der Waals surface area contributed by atoms with Crippen molar-refractivity contribution in [2.24, 2.45) is 17.8 Å². The van der Waals surface area contributed by atoms with E-state index >= 15 is 0 Å². The molecule has 0 N–H and O–H groups in total. The number of hydrogen-bond acceptors (Lipinski definition) is 1. The van der Waals surface area contributed by atoms with Gasteiger partial charge in [0.1, 0.15) is 8.24 Å². The van der Waals surface area contributed by atoms with E-state index in [4.69, 9.17) is 0 Å². The molecule has 1 aromatic rings. The van der Waals surface area contributed by atoms with E-state index in [-0.39, 0.29) is 27.3 Å². The number of nitrogens with zero attached hydrogens (tertiary/aromatic N) is 1. The molecule has 0 spiro atoms. The van der Waals surface area contributed by atoms with E-state index in [1.165, 1.54) is 19.3 Å². The van der Waals surface area contributed by atoms with Crippen LogP contribution in [0.1, 0.15) is 132 Å². The SMILES string of the molecule is CC1CC2C=C3C(=CC2C1[Si](C)(C)N(C(C)(C)C)C(C)(C)C)c1cc2c(cc1C3(C)C)C(C)(C)CCC2(C)C. The minimum atomic E-state index is -1.82. The molecule has 1 saturated carbocycles. The number of rotatable bonds is 2. The zero-order chi connectivity index (χ0) is 29.3. The Balaban J connectivity index is 1.67. The molecule has 0 amide bonds. The maximum atomic E-state index is 2.97. The summed E-state index contributed by atoms with van der Waals surface area (Å²) in [6.45, 7) is 37.6. The molecule has 4 atom stereocenters. The summed E-state index contributed by atoms with van der Waals surface area (Å²) in [6.07, 6.45) is 9.47. The van der Waals surface area contributed by atoms with Gasteiger partial charge in [0.05, 0.1) is 0 Å². The molecule has 4 aliphatic carbocycles. The van der Waals surface area contributed by atoms with Gasteiger partial charge in [0.2, 0.25) is 0 Å². The summed E-state index contributed by atoms with van der Waals surface area (Å²) < 4.78 is 2.97. The van der Waals surface area contributed by atoms with E-state index in [0.717, 1.165) is 11.5 Å². The van der Waals surface area contributed by atoms with E-state index in [0.29, 0.717) is 11.8 Å². The van der Waals surface area contributed by atoms with Crippen LogP contribution in [0.25, 0.3) is 5.57 Å². The number of fused-ring (bicyclic) bond motifs is 5. The third kappa shape index (κ3) is 4.32. The lowest BCUT2D eigenvalue weighted by molar-refractivity contribution is 0.121. The molecule has 0 radical (unpaired) electrons. The van der Waals surface area contributed by atoms with Gasteiger partial charge in [-0.1, -0.05) is 85.8 Å². The Labute approximate surface area is 243 Å². The Kier molecular flexibility index (Phi) is 6.38. The van der Waals surface area contributed by atoms with Crippen LogP contribution in [0.15, 0.2) is 29.9 Å². The van der Waals surface area contributed by atoms with Crippen molar-refractivity contribution in [3.05, 3.63) is 52.1 Å². The first-order valence-electron chi connectivity index (χ1n) is 16.0. The average molecular weight is 546 g/mol. The first kappa shape index (κ1) is 29.4. The number of hydrogen-bond donors (Lipinski definition) is 0. The molecular weight excluding hydrogens is 487 g/mol. The van der Waals surface area contributed by atoms with Crippen LogP contribution in [0.5, 0.6) is 0 Å². The van der Waals surface area contributed by atoms with E-state index in [1.807, 2.05) is 0 Å². The molecule has 1 aromatic carbocycles. The number of benzene rings is 1. The highest BCUT2D eigenvalue weighted by atomic mass is 28.3. The van der Waals surface area contributed by atoms with Crippen molar-refractivity contribution in [2.75, 3.05) is 0 Å². The van der Waals surface area contributed by atoms with Crippen LogP contribution in [0.3, 0.4) is 0 Å². The molecule has 2 heteroatoms. The summed E-state index contributed by atoms with van der Waals surface area (Å²) in [5, 5.41) is 0. The van der Waals surface area contributed by atoms with Crippen LogP contribution in [-0.2, 0) is 16.2 Å². The van der Waals surface area contributed by atoms with Crippen LogP contribution in [0.2, 0.25) is 18.6 Å². The molecule has 4 unspecified atom stereocenters. The van der Waals surface area contributed by atoms with Gasteiger partial charge in [-0.3, -0.25) is 0 Å². The zero-order valence-electron chi connectivity index (χ0n) is 28.2. The lowest BCUT2D eigenvalue weighted by Crippen LogP contribution is -2.67. The van der Waals surface area contributed by atoms with E-state index in [9.17, 15) is 0 Å². The second-order valence-corrected chi connectivity index (χ2v) is 22.7. The zero-order valence-corrected chi connectivity index (χ0v) is 29.2. The second-order valence-electron chi connectivity index (χ2n) is 18.3. The van der Waals surface area contributed by atoms with E-state index in [2.05, 4.69) is 132 Å². The fourth-order valence-electron chi connectivity index (χ4n) is 10.7. The Bertz CT molecular complexity index is 1230. The quantitative estimate of drug-likeness (QED) is 0.334. The molecule has 0 saturated heterocycles. The monoisotopic (exact) mass is 545 g/mol. The van der Waals surface area contributed by atoms with Crippen LogP contribution in [0, 0.1) is 17.8 Å². The van der Waals surface area contributed by atoms with Crippen LogP contribution < -0.4 is 0 Å². The Morgan fingerprint density at radius 2 is 1.28 bits per heavy atom. The van der Waals surface area contributed by atoms with Gasteiger partial charge in [0.25, 0.3) is 0 Å². The maximum absolute atomic E-state index is 2.97. The maximum Gasteiger partial charge on any atom is 0.127 e. The smallest absolute Gasteiger partial charge is 0.127 e. The molecule has 0 aliphatic heterocycles. The average Bonchev–Trinajstić information content (AvgIpc) is 3.18. The van der Waals surface area contributed by atoms with Crippen molar-refractivity contribution in [3.63, 3.8) is 0 Å². The summed E-state index contributed by atoms with van der Waals surface area (Å²) >= 11 is 0. The highest BCUT2D eigenvalue weighted by Crippen LogP contribution is 2.62. The molecule has 216 valence electrons. The van der Waals surface area contributed by atoms with Crippen molar-refractivity contribution in [3.8, 4) is 0 Å². The van der Waals surface area contributed by atoms with Gasteiger partial charge in [0, 0.05) is 16.5 Å². The van der Waals surface area contributed by atoms with Crippen LogP contribution in [-0.4, -0.2) is 23.9 Å². The highest BCUT2D eigenvalue weighted by Gasteiger charge is 2.56. The third-order valence-electron chi connectivity index (χ3n) is 11.6. The van der Waals surface area contributed by atoms with Crippen molar-refractivity contribution in [1.82, 2.24) is 4.57 Å². The predicted molar refractivity (Wildman–Crippen MR) is 174 cm³/mol. The van der Waals surface area contributed by atoms with E-state index < -0.39 is 8.24 Å². The summed E-state index contributed by atoms with van der Waals surface area (Å²) in [5.41, 5.74) is 11.2. The molecule has 4 aliphatic rings. The molecule has 0 aromatic heterocycles.